The average molecular weight is 342 g/mol. The molecule has 0 spiro atoms. The monoisotopic (exact) mass is 341 g/mol. The highest BCUT2D eigenvalue weighted by Crippen LogP contribution is 2.30. The van der Waals surface area contributed by atoms with Crippen molar-refractivity contribution in [3.8, 4) is 5.75 Å². The van der Waals surface area contributed by atoms with Crippen LogP contribution in [-0.4, -0.2) is 42.5 Å². The second-order valence-corrected chi connectivity index (χ2v) is 6.80. The van der Waals surface area contributed by atoms with Crippen molar-refractivity contribution in [2.24, 2.45) is 5.92 Å². The van der Waals surface area contributed by atoms with Crippen molar-refractivity contribution in [2.75, 3.05) is 13.7 Å². The van der Waals surface area contributed by atoms with Crippen LogP contribution in [0.5, 0.6) is 5.75 Å². The highest BCUT2D eigenvalue weighted by atomic mass is 35.5. The van der Waals surface area contributed by atoms with Crippen LogP contribution in [0.3, 0.4) is 0 Å². The summed E-state index contributed by atoms with van der Waals surface area (Å²) in [7, 11) is 1.50. The second kappa shape index (κ2) is 7.51. The first kappa shape index (κ1) is 18.0. The molecule has 0 bridgehead atoms. The molecule has 2 N–H and O–H groups in total. The van der Waals surface area contributed by atoms with E-state index in [2.05, 4.69) is 5.32 Å². The lowest BCUT2D eigenvalue weighted by atomic mass is 10.0. The van der Waals surface area contributed by atoms with E-state index in [1.54, 1.807) is 38.1 Å². The number of rotatable bonds is 6. The summed E-state index contributed by atoms with van der Waals surface area (Å²) in [6.07, 6.45) is 0.663. The van der Waals surface area contributed by atoms with Crippen LogP contribution in [-0.2, 0) is 9.53 Å². The van der Waals surface area contributed by atoms with Gasteiger partial charge in [-0.1, -0.05) is 11.6 Å². The van der Waals surface area contributed by atoms with Crippen LogP contribution in [0.1, 0.15) is 26.7 Å². The van der Waals surface area contributed by atoms with Gasteiger partial charge in [-0.15, -0.1) is 0 Å². The van der Waals surface area contributed by atoms with E-state index < -0.39 is 11.7 Å². The Kier molecular flexibility index (Phi) is 5.89. The van der Waals surface area contributed by atoms with Crippen LogP contribution in [0.2, 0.25) is 5.02 Å². The quantitative estimate of drug-likeness (QED) is 0.833. The fourth-order valence-corrected chi connectivity index (χ4v) is 2.72. The molecular formula is C17H24ClNO4. The summed E-state index contributed by atoms with van der Waals surface area (Å²) in [6, 6.07) is 7.07. The zero-order valence-corrected chi connectivity index (χ0v) is 14.5. The Morgan fingerprint density at radius 3 is 2.61 bits per heavy atom. The van der Waals surface area contributed by atoms with Crippen molar-refractivity contribution in [3.05, 3.63) is 29.3 Å². The number of halogens is 1. The van der Waals surface area contributed by atoms with Crippen LogP contribution < -0.4 is 10.1 Å². The Hall–Kier alpha value is -1.30. The number of aliphatic hydroxyl groups is 1. The van der Waals surface area contributed by atoms with Gasteiger partial charge in [0.15, 0.2) is 0 Å². The number of nitrogens with one attached hydrogen (secondary N) is 1. The largest absolute Gasteiger partial charge is 0.488 e. The SMILES string of the molecule is COC(C)(C)C(=O)NC[C@H]1CC[C@@H](Oc2ccc(Cl)cc2)[C@@H]1O. The van der Waals surface area contributed by atoms with Gasteiger partial charge in [-0.05, 0) is 51.0 Å². The number of benzene rings is 1. The van der Waals surface area contributed by atoms with E-state index in [1.807, 2.05) is 0 Å². The van der Waals surface area contributed by atoms with Gasteiger partial charge in [-0.2, -0.15) is 0 Å². The van der Waals surface area contributed by atoms with Gasteiger partial charge < -0.3 is 19.9 Å². The number of hydrogen-bond donors (Lipinski definition) is 2. The molecule has 5 nitrogen and oxygen atoms in total. The van der Waals surface area contributed by atoms with Crippen molar-refractivity contribution in [1.29, 1.82) is 0 Å². The molecule has 0 unspecified atom stereocenters. The lowest BCUT2D eigenvalue weighted by Crippen LogP contribution is -2.46. The highest BCUT2D eigenvalue weighted by Gasteiger charge is 2.37. The van der Waals surface area contributed by atoms with Crippen molar-refractivity contribution in [1.82, 2.24) is 5.32 Å². The molecule has 0 heterocycles. The number of hydrogen-bond acceptors (Lipinski definition) is 4. The lowest BCUT2D eigenvalue weighted by molar-refractivity contribution is -0.139. The molecule has 1 aliphatic rings. The summed E-state index contributed by atoms with van der Waals surface area (Å²) in [6.45, 7) is 3.83. The normalized spacial score (nSPS) is 24.5. The Morgan fingerprint density at radius 1 is 1.35 bits per heavy atom. The maximum Gasteiger partial charge on any atom is 0.251 e. The first-order valence-corrected chi connectivity index (χ1v) is 8.15. The number of ether oxygens (including phenoxy) is 2. The molecule has 6 heteroatoms. The summed E-state index contributed by atoms with van der Waals surface area (Å²) in [5, 5.41) is 13.9. The standard InChI is InChI=1S/C17H24ClNO4/c1-17(2,22-3)16(21)19-10-11-4-9-14(15(11)20)23-13-7-5-12(18)6-8-13/h5-8,11,14-15,20H,4,9-10H2,1-3H3,(H,19,21)/t11-,14-,15-/m1/s1. The van der Waals surface area contributed by atoms with Crippen LogP contribution in [0.4, 0.5) is 0 Å². The fourth-order valence-electron chi connectivity index (χ4n) is 2.59. The number of carbonyl (C=O) groups is 1. The molecule has 0 aliphatic heterocycles. The summed E-state index contributed by atoms with van der Waals surface area (Å²) < 4.78 is 11.0. The van der Waals surface area contributed by atoms with Gasteiger partial charge in [0.05, 0.1) is 6.10 Å². The second-order valence-electron chi connectivity index (χ2n) is 6.36. The first-order chi connectivity index (χ1) is 10.8. The van der Waals surface area contributed by atoms with Crippen LogP contribution >= 0.6 is 11.6 Å². The minimum absolute atomic E-state index is 0.0242. The Labute approximate surface area is 141 Å². The van der Waals surface area contributed by atoms with Gasteiger partial charge in [-0.25, -0.2) is 0 Å². The molecule has 3 atom stereocenters. The van der Waals surface area contributed by atoms with E-state index >= 15 is 0 Å². The summed E-state index contributed by atoms with van der Waals surface area (Å²) in [4.78, 5) is 12.0. The Morgan fingerprint density at radius 2 is 2.00 bits per heavy atom. The minimum Gasteiger partial charge on any atom is -0.488 e. The van der Waals surface area contributed by atoms with Crippen LogP contribution in [0, 0.1) is 5.92 Å². The third-order valence-electron chi connectivity index (χ3n) is 4.37. The lowest BCUT2D eigenvalue weighted by Gasteiger charge is -2.25. The molecule has 0 saturated heterocycles. The third kappa shape index (κ3) is 4.59. The predicted octanol–water partition coefficient (Wildman–Crippen LogP) is 2.40. The Balaban J connectivity index is 1.85. The van der Waals surface area contributed by atoms with E-state index in [0.717, 1.165) is 12.8 Å². The van der Waals surface area contributed by atoms with E-state index in [4.69, 9.17) is 21.1 Å². The van der Waals surface area contributed by atoms with E-state index in [-0.39, 0.29) is 17.9 Å². The molecule has 1 aliphatic carbocycles. The van der Waals surface area contributed by atoms with Crippen LogP contribution in [0.25, 0.3) is 0 Å². The predicted molar refractivity (Wildman–Crippen MR) is 88.7 cm³/mol. The molecule has 1 aromatic rings. The topological polar surface area (TPSA) is 67.8 Å². The molecule has 2 rings (SSSR count). The van der Waals surface area contributed by atoms with Gasteiger partial charge in [0.2, 0.25) is 0 Å². The van der Waals surface area contributed by atoms with Gasteiger partial charge >= 0.3 is 0 Å². The Bertz CT molecular complexity index is 532. The summed E-state index contributed by atoms with van der Waals surface area (Å²) in [5.74, 6) is 0.474. The zero-order valence-electron chi connectivity index (χ0n) is 13.7. The van der Waals surface area contributed by atoms with Crippen molar-refractivity contribution in [3.63, 3.8) is 0 Å². The maximum atomic E-state index is 12.0. The summed E-state index contributed by atoms with van der Waals surface area (Å²) >= 11 is 5.84. The minimum atomic E-state index is -0.872. The van der Waals surface area contributed by atoms with Crippen molar-refractivity contribution < 1.29 is 19.4 Å². The first-order valence-electron chi connectivity index (χ1n) is 7.77. The molecule has 1 amide bonds. The van der Waals surface area contributed by atoms with Crippen LogP contribution in [0.15, 0.2) is 24.3 Å². The molecule has 128 valence electrons. The average Bonchev–Trinajstić information content (AvgIpc) is 2.87. The number of carbonyl (C=O) groups excluding carboxylic acids is 1. The molecule has 1 saturated carbocycles. The molecular weight excluding hydrogens is 318 g/mol. The van der Waals surface area contributed by atoms with Crippen molar-refractivity contribution in [2.45, 2.75) is 44.5 Å². The van der Waals surface area contributed by atoms with Gasteiger partial charge in [-0.3, -0.25) is 4.79 Å². The van der Waals surface area contributed by atoms with Gasteiger partial charge in [0.1, 0.15) is 17.5 Å². The zero-order chi connectivity index (χ0) is 17.0. The fraction of sp³-hybridized carbons (Fsp3) is 0.588. The molecule has 1 fully saturated rings. The maximum absolute atomic E-state index is 12.0. The summed E-state index contributed by atoms with van der Waals surface area (Å²) in [5.41, 5.74) is -0.872. The van der Waals surface area contributed by atoms with E-state index in [1.165, 1.54) is 7.11 Å². The highest BCUT2D eigenvalue weighted by molar-refractivity contribution is 6.30. The van der Waals surface area contributed by atoms with E-state index in [9.17, 15) is 9.90 Å². The molecule has 23 heavy (non-hydrogen) atoms. The van der Waals surface area contributed by atoms with E-state index in [0.29, 0.717) is 17.3 Å². The van der Waals surface area contributed by atoms with Crippen molar-refractivity contribution >= 4 is 17.5 Å². The number of amides is 1. The molecule has 0 radical (unpaired) electrons. The molecule has 0 aromatic heterocycles. The number of methoxy groups -OCH3 is 1. The molecule has 1 aromatic carbocycles. The number of aliphatic hydroxyl groups excluding tert-OH is 1. The van der Waals surface area contributed by atoms with Gasteiger partial charge in [0, 0.05) is 24.6 Å². The van der Waals surface area contributed by atoms with Gasteiger partial charge in [0.25, 0.3) is 5.91 Å². The third-order valence-corrected chi connectivity index (χ3v) is 4.62. The smallest absolute Gasteiger partial charge is 0.251 e.